The summed E-state index contributed by atoms with van der Waals surface area (Å²) in [7, 11) is 0. The summed E-state index contributed by atoms with van der Waals surface area (Å²) in [6.45, 7) is 6.26. The monoisotopic (exact) mass is 432 g/mol. The normalized spacial score (nSPS) is 12.6. The molecule has 0 amide bonds. The minimum absolute atomic E-state index is 0.119. The third kappa shape index (κ3) is 3.10. The molecule has 28 heavy (non-hydrogen) atoms. The first-order chi connectivity index (χ1) is 13.4. The molecule has 0 N–H and O–H groups in total. The minimum Gasteiger partial charge on any atom is -0.318 e. The molecule has 0 aliphatic rings. The molecule has 4 rings (SSSR count). The lowest BCUT2D eigenvalue weighted by Gasteiger charge is -2.17. The van der Waals surface area contributed by atoms with E-state index >= 15 is 0 Å². The van der Waals surface area contributed by atoms with Crippen LogP contribution >= 0.6 is 34.8 Å². The van der Waals surface area contributed by atoms with Crippen molar-refractivity contribution in [1.82, 2.24) is 19.3 Å². The van der Waals surface area contributed by atoms with Crippen molar-refractivity contribution in [1.29, 1.82) is 0 Å². The average molecular weight is 434 g/mol. The van der Waals surface area contributed by atoms with Gasteiger partial charge >= 0.3 is 0 Å². The van der Waals surface area contributed by atoms with E-state index in [1.807, 2.05) is 13.0 Å². The number of benzene rings is 2. The third-order valence-corrected chi connectivity index (χ3v) is 5.73. The van der Waals surface area contributed by atoms with Gasteiger partial charge in [0, 0.05) is 11.4 Å². The predicted octanol–water partition coefficient (Wildman–Crippen LogP) is 6.66. The highest BCUT2D eigenvalue weighted by Crippen LogP contribution is 2.36. The molecular formula is C21H19Cl3N4. The number of aromatic nitrogens is 4. The Bertz CT molecular complexity index is 1140. The SMILES string of the molecule is CCc1nc2c(c(C)nn2-c2c(Cl)cc(Cl)cc2Cl)n1C(C)c1ccccc1. The van der Waals surface area contributed by atoms with E-state index in [0.29, 0.717) is 20.8 Å². The molecule has 4 aromatic rings. The molecule has 0 radical (unpaired) electrons. The van der Waals surface area contributed by atoms with Gasteiger partial charge in [0.15, 0.2) is 5.65 Å². The Morgan fingerprint density at radius 2 is 1.68 bits per heavy atom. The van der Waals surface area contributed by atoms with Crippen LogP contribution in [0.25, 0.3) is 16.9 Å². The van der Waals surface area contributed by atoms with Crippen molar-refractivity contribution >= 4 is 46.0 Å². The zero-order valence-corrected chi connectivity index (χ0v) is 18.0. The Balaban J connectivity index is 1.98. The number of halogens is 3. The summed E-state index contributed by atoms with van der Waals surface area (Å²) >= 11 is 19.0. The van der Waals surface area contributed by atoms with Gasteiger partial charge in [0.25, 0.3) is 0 Å². The van der Waals surface area contributed by atoms with Crippen LogP contribution in [0, 0.1) is 6.92 Å². The summed E-state index contributed by atoms with van der Waals surface area (Å²) in [6, 6.07) is 13.8. The van der Waals surface area contributed by atoms with Gasteiger partial charge in [-0.2, -0.15) is 5.10 Å². The Kier molecular flexibility index (Phi) is 5.13. The largest absolute Gasteiger partial charge is 0.318 e. The Hall–Kier alpha value is -2.01. The molecular weight excluding hydrogens is 415 g/mol. The minimum atomic E-state index is 0.119. The fourth-order valence-corrected chi connectivity index (χ4v) is 4.61. The maximum atomic E-state index is 6.45. The van der Waals surface area contributed by atoms with Crippen molar-refractivity contribution in [3.05, 3.63) is 74.6 Å². The molecule has 1 atom stereocenters. The number of fused-ring (bicyclic) bond motifs is 1. The molecule has 4 nitrogen and oxygen atoms in total. The summed E-state index contributed by atoms with van der Waals surface area (Å²) in [4.78, 5) is 4.89. The fourth-order valence-electron chi connectivity index (χ4n) is 3.63. The smallest absolute Gasteiger partial charge is 0.181 e. The van der Waals surface area contributed by atoms with Gasteiger partial charge in [-0.1, -0.05) is 72.1 Å². The third-order valence-electron chi connectivity index (χ3n) is 4.94. The van der Waals surface area contributed by atoms with E-state index in [1.165, 1.54) is 5.56 Å². The molecule has 0 spiro atoms. The maximum absolute atomic E-state index is 6.45. The summed E-state index contributed by atoms with van der Waals surface area (Å²) in [5, 5.41) is 6.06. The van der Waals surface area contributed by atoms with Gasteiger partial charge in [-0.25, -0.2) is 9.67 Å². The van der Waals surface area contributed by atoms with E-state index < -0.39 is 0 Å². The molecule has 0 aliphatic heterocycles. The van der Waals surface area contributed by atoms with Crippen molar-refractivity contribution in [2.45, 2.75) is 33.2 Å². The number of rotatable bonds is 4. The molecule has 0 saturated carbocycles. The second-order valence-electron chi connectivity index (χ2n) is 6.73. The molecule has 0 aliphatic carbocycles. The Morgan fingerprint density at radius 3 is 2.29 bits per heavy atom. The van der Waals surface area contributed by atoms with E-state index in [1.54, 1.807) is 16.8 Å². The molecule has 144 valence electrons. The van der Waals surface area contributed by atoms with Crippen LogP contribution in [0.1, 0.15) is 37.0 Å². The molecule has 7 heteroatoms. The van der Waals surface area contributed by atoms with Gasteiger partial charge in [-0.3, -0.25) is 0 Å². The zero-order valence-electron chi connectivity index (χ0n) is 15.7. The highest BCUT2D eigenvalue weighted by molar-refractivity contribution is 6.40. The van der Waals surface area contributed by atoms with Gasteiger partial charge in [0.05, 0.1) is 21.8 Å². The lowest BCUT2D eigenvalue weighted by atomic mass is 10.1. The van der Waals surface area contributed by atoms with Crippen LogP contribution < -0.4 is 0 Å². The topological polar surface area (TPSA) is 35.6 Å². The average Bonchev–Trinajstić information content (AvgIpc) is 3.19. The molecule has 2 aromatic heterocycles. The van der Waals surface area contributed by atoms with Crippen LogP contribution in [-0.4, -0.2) is 19.3 Å². The highest BCUT2D eigenvalue weighted by atomic mass is 35.5. The van der Waals surface area contributed by atoms with Crippen molar-refractivity contribution in [2.75, 3.05) is 0 Å². The first kappa shape index (κ1) is 19.3. The summed E-state index contributed by atoms with van der Waals surface area (Å²) in [5.74, 6) is 0.988. The first-order valence-corrected chi connectivity index (χ1v) is 10.2. The van der Waals surface area contributed by atoms with E-state index in [9.17, 15) is 0 Å². The van der Waals surface area contributed by atoms with Gasteiger partial charge < -0.3 is 4.57 Å². The van der Waals surface area contributed by atoms with Crippen molar-refractivity contribution in [3.8, 4) is 5.69 Å². The summed E-state index contributed by atoms with van der Waals surface area (Å²) in [6.07, 6.45) is 0.799. The quantitative estimate of drug-likeness (QED) is 0.360. The van der Waals surface area contributed by atoms with Crippen LogP contribution in [0.3, 0.4) is 0 Å². The van der Waals surface area contributed by atoms with E-state index in [0.717, 1.165) is 29.1 Å². The predicted molar refractivity (Wildman–Crippen MR) is 116 cm³/mol. The fraction of sp³-hybridized carbons (Fsp3) is 0.238. The van der Waals surface area contributed by atoms with E-state index in [4.69, 9.17) is 44.9 Å². The van der Waals surface area contributed by atoms with Crippen molar-refractivity contribution < 1.29 is 0 Å². The van der Waals surface area contributed by atoms with Gasteiger partial charge in [0.1, 0.15) is 17.0 Å². The van der Waals surface area contributed by atoms with E-state index in [2.05, 4.69) is 42.7 Å². The zero-order chi connectivity index (χ0) is 20.0. The molecule has 0 fully saturated rings. The Labute approximate surface area is 178 Å². The molecule has 1 unspecified atom stereocenters. The van der Waals surface area contributed by atoms with Gasteiger partial charge in [-0.05, 0) is 31.5 Å². The second-order valence-corrected chi connectivity index (χ2v) is 7.98. The first-order valence-electron chi connectivity index (χ1n) is 9.08. The van der Waals surface area contributed by atoms with Crippen LogP contribution in [0.2, 0.25) is 15.1 Å². The Morgan fingerprint density at radius 1 is 1.04 bits per heavy atom. The standard InChI is InChI=1S/C21H19Cl3N4/c1-4-18-25-21-19(27(18)13(3)14-8-6-5-7-9-14)12(2)26-28(21)20-16(23)10-15(22)11-17(20)24/h5-11,13H,4H2,1-3H3. The lowest BCUT2D eigenvalue weighted by Crippen LogP contribution is -2.10. The number of hydrogen-bond donors (Lipinski definition) is 0. The van der Waals surface area contributed by atoms with Crippen molar-refractivity contribution in [3.63, 3.8) is 0 Å². The van der Waals surface area contributed by atoms with Crippen LogP contribution in [-0.2, 0) is 6.42 Å². The lowest BCUT2D eigenvalue weighted by molar-refractivity contribution is 0.620. The maximum Gasteiger partial charge on any atom is 0.181 e. The molecule has 2 heterocycles. The number of hydrogen-bond acceptors (Lipinski definition) is 2. The van der Waals surface area contributed by atoms with Crippen molar-refractivity contribution in [2.24, 2.45) is 0 Å². The molecule has 0 saturated heterocycles. The summed E-state index contributed by atoms with van der Waals surface area (Å²) < 4.78 is 3.97. The second kappa shape index (κ2) is 7.43. The van der Waals surface area contributed by atoms with E-state index in [-0.39, 0.29) is 6.04 Å². The molecule has 2 aromatic carbocycles. The number of aryl methyl sites for hydroxylation is 2. The van der Waals surface area contributed by atoms with Gasteiger partial charge in [-0.15, -0.1) is 0 Å². The highest BCUT2D eigenvalue weighted by Gasteiger charge is 2.24. The van der Waals surface area contributed by atoms with Gasteiger partial charge in [0.2, 0.25) is 0 Å². The van der Waals surface area contributed by atoms with Crippen LogP contribution in [0.4, 0.5) is 0 Å². The van der Waals surface area contributed by atoms with Crippen LogP contribution in [0.5, 0.6) is 0 Å². The number of imidazole rings is 1. The number of nitrogens with zero attached hydrogens (tertiary/aromatic N) is 4. The molecule has 0 bridgehead atoms. The van der Waals surface area contributed by atoms with Crippen LogP contribution in [0.15, 0.2) is 42.5 Å². The summed E-state index contributed by atoms with van der Waals surface area (Å²) in [5.41, 5.74) is 4.39.